The van der Waals surface area contributed by atoms with E-state index >= 15 is 0 Å². The quantitative estimate of drug-likeness (QED) is 0.181. The van der Waals surface area contributed by atoms with Gasteiger partial charge in [0.05, 0.1) is 21.8 Å². The van der Waals surface area contributed by atoms with Crippen molar-refractivity contribution in [1.29, 1.82) is 0 Å². The summed E-state index contributed by atoms with van der Waals surface area (Å²) in [4.78, 5) is 33.3. The van der Waals surface area contributed by atoms with Crippen LogP contribution in [0.2, 0.25) is 0 Å². The molecule has 5 nitrogen and oxygen atoms in total. The minimum absolute atomic E-state index is 0.0509. The van der Waals surface area contributed by atoms with Crippen LogP contribution in [0.4, 0.5) is 5.13 Å². The molecular formula is C31H30N2O3S. The number of nitrogens with zero attached hydrogens (tertiary/aromatic N) is 2. The van der Waals surface area contributed by atoms with Crippen molar-refractivity contribution in [3.63, 3.8) is 0 Å². The number of aryl methyl sites for hydroxylation is 3. The summed E-state index contributed by atoms with van der Waals surface area (Å²) in [6.07, 6.45) is 0. The van der Waals surface area contributed by atoms with Gasteiger partial charge in [-0.05, 0) is 54.5 Å². The fourth-order valence-corrected chi connectivity index (χ4v) is 6.01. The summed E-state index contributed by atoms with van der Waals surface area (Å²) in [6, 6.07) is 18.5. The highest BCUT2D eigenvalue weighted by Gasteiger charge is 2.48. The van der Waals surface area contributed by atoms with Crippen LogP contribution in [0, 0.1) is 20.8 Å². The molecule has 1 aliphatic heterocycles. The maximum absolute atomic E-state index is 13.5. The zero-order chi connectivity index (χ0) is 26.6. The van der Waals surface area contributed by atoms with Crippen LogP contribution in [0.5, 0.6) is 0 Å². The number of carbonyl (C=O) groups excluding carboxylic acids is 2. The van der Waals surface area contributed by atoms with E-state index in [1.54, 1.807) is 12.1 Å². The summed E-state index contributed by atoms with van der Waals surface area (Å²) in [7, 11) is 0. The van der Waals surface area contributed by atoms with Crippen LogP contribution in [-0.2, 0) is 15.0 Å². The Morgan fingerprint density at radius 1 is 0.919 bits per heavy atom. The second kappa shape index (κ2) is 8.96. The molecule has 0 spiro atoms. The number of aliphatic hydroxyl groups is 1. The molecule has 3 aromatic carbocycles. The second-order valence-electron chi connectivity index (χ2n) is 10.8. The molecule has 0 aliphatic carbocycles. The predicted molar refractivity (Wildman–Crippen MR) is 150 cm³/mol. The van der Waals surface area contributed by atoms with Gasteiger partial charge in [-0.25, -0.2) is 4.98 Å². The average molecular weight is 511 g/mol. The number of carbonyl (C=O) groups is 2. The number of benzene rings is 3. The predicted octanol–water partition coefficient (Wildman–Crippen LogP) is 7.15. The smallest absolute Gasteiger partial charge is 0.301 e. The number of thiazole rings is 1. The molecule has 1 saturated heterocycles. The van der Waals surface area contributed by atoms with Crippen molar-refractivity contribution in [3.05, 3.63) is 99.6 Å². The number of amides is 1. The topological polar surface area (TPSA) is 70.5 Å². The number of aromatic nitrogens is 1. The molecule has 1 fully saturated rings. The molecule has 37 heavy (non-hydrogen) atoms. The van der Waals surface area contributed by atoms with Gasteiger partial charge >= 0.3 is 5.91 Å². The maximum Gasteiger partial charge on any atom is 0.301 e. The monoisotopic (exact) mass is 510 g/mol. The van der Waals surface area contributed by atoms with Crippen molar-refractivity contribution >= 4 is 44.1 Å². The van der Waals surface area contributed by atoms with E-state index in [0.29, 0.717) is 10.7 Å². The van der Waals surface area contributed by atoms with Crippen molar-refractivity contribution in [3.8, 4) is 0 Å². The van der Waals surface area contributed by atoms with Crippen molar-refractivity contribution in [1.82, 2.24) is 4.98 Å². The van der Waals surface area contributed by atoms with Crippen LogP contribution < -0.4 is 4.90 Å². The van der Waals surface area contributed by atoms with E-state index in [1.165, 1.54) is 16.2 Å². The van der Waals surface area contributed by atoms with Gasteiger partial charge in [0, 0.05) is 5.56 Å². The number of Topliss-reactive ketones (excluding diaryl/α,β-unsaturated/α-hetero) is 1. The van der Waals surface area contributed by atoms with E-state index in [-0.39, 0.29) is 16.7 Å². The van der Waals surface area contributed by atoms with Gasteiger partial charge < -0.3 is 5.11 Å². The van der Waals surface area contributed by atoms with E-state index < -0.39 is 17.7 Å². The van der Waals surface area contributed by atoms with Gasteiger partial charge in [0.2, 0.25) is 0 Å². The molecule has 0 saturated carbocycles. The molecular weight excluding hydrogens is 480 g/mol. The normalized spacial score (nSPS) is 17.7. The highest BCUT2D eigenvalue weighted by molar-refractivity contribution is 7.22. The fraction of sp³-hybridized carbons (Fsp3) is 0.258. The molecule has 1 unspecified atom stereocenters. The largest absolute Gasteiger partial charge is 0.507 e. The van der Waals surface area contributed by atoms with E-state index in [2.05, 4.69) is 26.8 Å². The van der Waals surface area contributed by atoms with E-state index in [1.807, 2.05) is 63.2 Å². The number of ketones is 1. The van der Waals surface area contributed by atoms with Crippen LogP contribution in [-0.4, -0.2) is 21.8 Å². The molecule has 0 radical (unpaired) electrons. The molecule has 1 amide bonds. The number of rotatable bonds is 3. The zero-order valence-corrected chi connectivity index (χ0v) is 22.7. The Hall–Kier alpha value is -3.77. The van der Waals surface area contributed by atoms with E-state index in [0.717, 1.165) is 38.0 Å². The lowest BCUT2D eigenvalue weighted by molar-refractivity contribution is -0.132. The molecule has 2 heterocycles. The standard InChI is InChI=1S/C31H30N2O3S/c1-17-7-9-21(10-8-17)27(34)24-26(20-11-13-22(14-12-20)31(4,5)6)33(29(36)28(24)35)30-32-25-19(3)15-18(2)16-23(25)37-30/h7-16,26,34H,1-6H3. The van der Waals surface area contributed by atoms with E-state index in [9.17, 15) is 14.7 Å². The van der Waals surface area contributed by atoms with Crippen LogP contribution >= 0.6 is 11.3 Å². The number of hydrogen-bond donors (Lipinski definition) is 1. The van der Waals surface area contributed by atoms with Gasteiger partial charge in [0.25, 0.3) is 5.78 Å². The fourth-order valence-electron chi connectivity index (χ4n) is 4.84. The first-order valence-electron chi connectivity index (χ1n) is 12.3. The average Bonchev–Trinajstić information content (AvgIpc) is 3.37. The van der Waals surface area contributed by atoms with Crippen molar-refractivity contribution in [2.45, 2.75) is 53.0 Å². The molecule has 0 bridgehead atoms. The lowest BCUT2D eigenvalue weighted by atomic mass is 9.85. The Kier molecular flexibility index (Phi) is 6.03. The Morgan fingerprint density at radius 3 is 2.19 bits per heavy atom. The molecule has 1 N–H and O–H groups in total. The zero-order valence-electron chi connectivity index (χ0n) is 21.9. The summed E-state index contributed by atoms with van der Waals surface area (Å²) >= 11 is 1.38. The van der Waals surface area contributed by atoms with Gasteiger partial charge in [-0.1, -0.05) is 92.3 Å². The molecule has 188 valence electrons. The Morgan fingerprint density at radius 2 is 1.57 bits per heavy atom. The molecule has 6 heteroatoms. The molecule has 1 atom stereocenters. The van der Waals surface area contributed by atoms with Crippen LogP contribution in [0.25, 0.3) is 16.0 Å². The Balaban J connectivity index is 1.73. The Labute approximate surface area is 221 Å². The highest BCUT2D eigenvalue weighted by Crippen LogP contribution is 2.45. The van der Waals surface area contributed by atoms with Gasteiger partial charge in [-0.2, -0.15) is 0 Å². The third kappa shape index (κ3) is 4.36. The van der Waals surface area contributed by atoms with Crippen molar-refractivity contribution < 1.29 is 14.7 Å². The first-order valence-corrected chi connectivity index (χ1v) is 13.1. The SMILES string of the molecule is Cc1ccc(C(O)=C2C(=O)C(=O)N(c3nc4c(C)cc(C)cc4s3)C2c2ccc(C(C)(C)C)cc2)cc1. The molecule has 1 aromatic heterocycles. The summed E-state index contributed by atoms with van der Waals surface area (Å²) < 4.78 is 0.953. The minimum Gasteiger partial charge on any atom is -0.507 e. The highest BCUT2D eigenvalue weighted by atomic mass is 32.1. The number of anilines is 1. The van der Waals surface area contributed by atoms with E-state index in [4.69, 9.17) is 4.98 Å². The second-order valence-corrected chi connectivity index (χ2v) is 11.8. The Bertz CT molecular complexity index is 1570. The van der Waals surface area contributed by atoms with Crippen LogP contribution in [0.3, 0.4) is 0 Å². The van der Waals surface area contributed by atoms with Gasteiger partial charge in [0.15, 0.2) is 5.13 Å². The lowest BCUT2D eigenvalue weighted by Gasteiger charge is -2.24. The maximum atomic E-state index is 13.5. The summed E-state index contributed by atoms with van der Waals surface area (Å²) in [5.74, 6) is -1.58. The first kappa shape index (κ1) is 24.9. The molecule has 4 aromatic rings. The lowest BCUT2D eigenvalue weighted by Crippen LogP contribution is -2.29. The van der Waals surface area contributed by atoms with Gasteiger partial charge in [-0.15, -0.1) is 0 Å². The minimum atomic E-state index is -0.794. The van der Waals surface area contributed by atoms with Crippen molar-refractivity contribution in [2.75, 3.05) is 4.90 Å². The molecule has 1 aliphatic rings. The van der Waals surface area contributed by atoms with Crippen LogP contribution in [0.1, 0.15) is 60.2 Å². The van der Waals surface area contributed by atoms with Crippen LogP contribution in [0.15, 0.2) is 66.2 Å². The molecule has 5 rings (SSSR count). The number of fused-ring (bicyclic) bond motifs is 1. The summed E-state index contributed by atoms with van der Waals surface area (Å²) in [5, 5.41) is 11.8. The van der Waals surface area contributed by atoms with Gasteiger partial charge in [-0.3, -0.25) is 14.5 Å². The third-order valence-electron chi connectivity index (χ3n) is 6.89. The summed E-state index contributed by atoms with van der Waals surface area (Å²) in [5.41, 5.74) is 6.37. The summed E-state index contributed by atoms with van der Waals surface area (Å²) in [6.45, 7) is 12.4. The van der Waals surface area contributed by atoms with Gasteiger partial charge in [0.1, 0.15) is 5.76 Å². The number of aliphatic hydroxyl groups excluding tert-OH is 1. The van der Waals surface area contributed by atoms with Crippen molar-refractivity contribution in [2.24, 2.45) is 0 Å². The third-order valence-corrected chi connectivity index (χ3v) is 7.89. The first-order chi connectivity index (χ1) is 17.5. The number of hydrogen-bond acceptors (Lipinski definition) is 5.